The molecule has 1 aliphatic heterocycles. The van der Waals surface area contributed by atoms with Gasteiger partial charge in [0.15, 0.2) is 0 Å². The first-order chi connectivity index (χ1) is 6.77. The monoisotopic (exact) mass is 193 g/mol. The van der Waals surface area contributed by atoms with E-state index in [0.717, 1.165) is 12.1 Å². The Morgan fingerprint density at radius 1 is 1.14 bits per heavy atom. The van der Waals surface area contributed by atoms with Gasteiger partial charge in [-0.05, 0) is 18.4 Å². The maximum atomic E-state index is 11.7. The Labute approximate surface area is 86.0 Å². The van der Waals surface area contributed by atoms with E-state index < -0.39 is 0 Å². The van der Waals surface area contributed by atoms with Gasteiger partial charge in [-0.15, -0.1) is 0 Å². The van der Waals surface area contributed by atoms with Crippen molar-refractivity contribution < 1.29 is 4.79 Å². The molecule has 0 radical (unpaired) electrons. The third-order valence-electron chi connectivity index (χ3n) is 3.38. The maximum absolute atomic E-state index is 11.7. The van der Waals surface area contributed by atoms with Crippen LogP contribution in [0.2, 0.25) is 0 Å². The number of hydrogen-bond donors (Lipinski definition) is 0. The van der Waals surface area contributed by atoms with Crippen molar-refractivity contribution in [2.24, 2.45) is 0 Å². The van der Waals surface area contributed by atoms with Crippen LogP contribution in [-0.4, -0.2) is 23.4 Å². The van der Waals surface area contributed by atoms with Crippen LogP contribution in [-0.2, 0) is 4.79 Å². The fourth-order valence-corrected chi connectivity index (χ4v) is 2.60. The van der Waals surface area contributed by atoms with Crippen molar-refractivity contribution in [3.05, 3.63) is 12.2 Å². The number of carbonyl (C=O) groups excluding carboxylic acids is 1. The van der Waals surface area contributed by atoms with Crippen molar-refractivity contribution in [3.63, 3.8) is 0 Å². The lowest BCUT2D eigenvalue weighted by Gasteiger charge is -2.26. The van der Waals surface area contributed by atoms with Crippen LogP contribution in [0.1, 0.15) is 44.9 Å². The molecule has 78 valence electrons. The molecular weight excluding hydrogens is 174 g/mol. The highest BCUT2D eigenvalue weighted by Gasteiger charge is 2.29. The first-order valence-electron chi connectivity index (χ1n) is 5.73. The van der Waals surface area contributed by atoms with Crippen molar-refractivity contribution in [2.75, 3.05) is 6.54 Å². The van der Waals surface area contributed by atoms with Gasteiger partial charge < -0.3 is 4.90 Å². The lowest BCUT2D eigenvalue weighted by Crippen LogP contribution is -2.35. The highest BCUT2D eigenvalue weighted by molar-refractivity contribution is 5.82. The maximum Gasteiger partial charge on any atom is 0.227 e. The Morgan fingerprint density at radius 2 is 1.79 bits per heavy atom. The van der Waals surface area contributed by atoms with Crippen LogP contribution in [0.3, 0.4) is 0 Å². The van der Waals surface area contributed by atoms with Gasteiger partial charge in [-0.25, -0.2) is 0 Å². The second kappa shape index (κ2) is 4.16. The van der Waals surface area contributed by atoms with Crippen molar-refractivity contribution in [1.82, 2.24) is 4.90 Å². The Balaban J connectivity index is 1.98. The van der Waals surface area contributed by atoms with Crippen LogP contribution in [0.5, 0.6) is 0 Å². The first kappa shape index (κ1) is 9.75. The molecule has 2 fully saturated rings. The van der Waals surface area contributed by atoms with Crippen LogP contribution < -0.4 is 0 Å². The van der Waals surface area contributed by atoms with Gasteiger partial charge in [-0.2, -0.15) is 0 Å². The van der Waals surface area contributed by atoms with Gasteiger partial charge in [0.2, 0.25) is 5.91 Å². The zero-order valence-corrected chi connectivity index (χ0v) is 8.80. The summed E-state index contributed by atoms with van der Waals surface area (Å²) in [6.45, 7) is 4.73. The molecule has 0 atom stereocenters. The molecule has 0 N–H and O–H groups in total. The number of likely N-dealkylation sites (tertiary alicyclic amines) is 1. The van der Waals surface area contributed by atoms with E-state index in [-0.39, 0.29) is 0 Å². The molecule has 1 saturated heterocycles. The van der Waals surface area contributed by atoms with Gasteiger partial charge in [0.05, 0.1) is 0 Å². The van der Waals surface area contributed by atoms with E-state index in [2.05, 4.69) is 11.5 Å². The molecule has 2 nitrogen and oxygen atoms in total. The van der Waals surface area contributed by atoms with Crippen LogP contribution in [0, 0.1) is 0 Å². The summed E-state index contributed by atoms with van der Waals surface area (Å²) in [5, 5.41) is 0. The number of nitrogens with zero attached hydrogens (tertiary/aromatic N) is 1. The molecule has 1 aliphatic carbocycles. The molecular formula is C12H19NO. The Kier molecular flexibility index (Phi) is 2.90. The minimum absolute atomic E-state index is 0.307. The zero-order chi connectivity index (χ0) is 9.97. The summed E-state index contributed by atoms with van der Waals surface area (Å²) >= 11 is 0. The smallest absolute Gasteiger partial charge is 0.227 e. The molecule has 0 aromatic heterocycles. The summed E-state index contributed by atoms with van der Waals surface area (Å²) in [7, 11) is 0. The summed E-state index contributed by atoms with van der Waals surface area (Å²) in [6, 6.07) is 0.518. The quantitative estimate of drug-likeness (QED) is 0.463. The number of hydrogen-bond acceptors (Lipinski definition) is 1. The molecule has 0 bridgehead atoms. The summed E-state index contributed by atoms with van der Waals surface area (Å²) in [5.41, 5.74) is 1.10. The van der Waals surface area contributed by atoms with Crippen molar-refractivity contribution in [1.29, 1.82) is 0 Å². The fourth-order valence-electron chi connectivity index (χ4n) is 2.60. The largest absolute Gasteiger partial charge is 0.335 e. The minimum Gasteiger partial charge on any atom is -0.335 e. The Hall–Kier alpha value is -0.790. The minimum atomic E-state index is 0.307. The molecule has 1 saturated carbocycles. The fraction of sp³-hybridized carbons (Fsp3) is 0.750. The number of rotatable bonds is 1. The van der Waals surface area contributed by atoms with Crippen LogP contribution in [0.15, 0.2) is 12.2 Å². The van der Waals surface area contributed by atoms with Gasteiger partial charge >= 0.3 is 0 Å². The predicted octanol–water partition coefficient (Wildman–Crippen LogP) is 2.50. The summed E-state index contributed by atoms with van der Waals surface area (Å²) < 4.78 is 0. The van der Waals surface area contributed by atoms with Crippen molar-refractivity contribution in [3.8, 4) is 0 Å². The van der Waals surface area contributed by atoms with E-state index >= 15 is 0 Å². The van der Waals surface area contributed by atoms with E-state index in [0.29, 0.717) is 18.4 Å². The van der Waals surface area contributed by atoms with E-state index in [1.165, 1.54) is 38.5 Å². The average molecular weight is 193 g/mol. The molecule has 1 heterocycles. The van der Waals surface area contributed by atoms with Gasteiger partial charge in [0, 0.05) is 19.0 Å². The predicted molar refractivity (Wildman–Crippen MR) is 57.0 cm³/mol. The highest BCUT2D eigenvalue weighted by atomic mass is 16.2. The number of amides is 1. The molecule has 0 aromatic carbocycles. The third-order valence-corrected chi connectivity index (χ3v) is 3.38. The van der Waals surface area contributed by atoms with Crippen LogP contribution in [0.25, 0.3) is 0 Å². The standard InChI is InChI=1S/C12H19NO/c1-10-8-12(14)13(9-10)11-6-4-2-3-5-7-11/h11H,1-9H2. The molecule has 2 rings (SSSR count). The number of carbonyl (C=O) groups is 1. The Morgan fingerprint density at radius 3 is 2.29 bits per heavy atom. The lowest BCUT2D eigenvalue weighted by molar-refractivity contribution is -0.129. The zero-order valence-electron chi connectivity index (χ0n) is 8.80. The van der Waals surface area contributed by atoms with Crippen LogP contribution >= 0.6 is 0 Å². The van der Waals surface area contributed by atoms with Gasteiger partial charge in [0.1, 0.15) is 0 Å². The summed E-state index contributed by atoms with van der Waals surface area (Å²) in [5.74, 6) is 0.307. The van der Waals surface area contributed by atoms with E-state index in [9.17, 15) is 4.79 Å². The SMILES string of the molecule is C=C1CC(=O)N(C2CCCCCC2)C1. The van der Waals surface area contributed by atoms with Crippen molar-refractivity contribution in [2.45, 2.75) is 51.0 Å². The second-order valence-electron chi connectivity index (χ2n) is 4.59. The average Bonchev–Trinajstić information content (AvgIpc) is 2.43. The lowest BCUT2D eigenvalue weighted by atomic mass is 10.1. The van der Waals surface area contributed by atoms with Gasteiger partial charge in [0.25, 0.3) is 0 Å². The topological polar surface area (TPSA) is 20.3 Å². The van der Waals surface area contributed by atoms with E-state index in [1.54, 1.807) is 0 Å². The van der Waals surface area contributed by atoms with Crippen molar-refractivity contribution >= 4 is 5.91 Å². The van der Waals surface area contributed by atoms with E-state index in [4.69, 9.17) is 0 Å². The molecule has 0 aromatic rings. The second-order valence-corrected chi connectivity index (χ2v) is 4.59. The molecule has 2 heteroatoms. The molecule has 14 heavy (non-hydrogen) atoms. The first-order valence-corrected chi connectivity index (χ1v) is 5.73. The van der Waals surface area contributed by atoms with E-state index in [1.807, 2.05) is 0 Å². The summed E-state index contributed by atoms with van der Waals surface area (Å²) in [6.07, 6.45) is 8.29. The third kappa shape index (κ3) is 1.99. The Bertz CT molecular complexity index is 239. The molecule has 2 aliphatic rings. The van der Waals surface area contributed by atoms with Crippen LogP contribution in [0.4, 0.5) is 0 Å². The van der Waals surface area contributed by atoms with Gasteiger partial charge in [-0.3, -0.25) is 4.79 Å². The highest BCUT2D eigenvalue weighted by Crippen LogP contribution is 2.26. The van der Waals surface area contributed by atoms with Gasteiger partial charge in [-0.1, -0.05) is 32.3 Å². The molecule has 0 unspecified atom stereocenters. The summed E-state index contributed by atoms with van der Waals surface area (Å²) in [4.78, 5) is 13.7. The molecule has 0 spiro atoms. The normalized spacial score (nSPS) is 25.6. The molecule has 1 amide bonds.